The Morgan fingerprint density at radius 1 is 1.13 bits per heavy atom. The minimum absolute atomic E-state index is 0.0656. The molecule has 1 aliphatic heterocycles. The third kappa shape index (κ3) is 6.13. The number of halogens is 4. The third-order valence-electron chi connectivity index (χ3n) is 5.98. The summed E-state index contributed by atoms with van der Waals surface area (Å²) in [4.78, 5) is 15.6. The van der Waals surface area contributed by atoms with Crippen LogP contribution in [0.25, 0.3) is 0 Å². The van der Waals surface area contributed by atoms with Gasteiger partial charge in [0.2, 0.25) is 6.71 Å². The molecule has 1 unspecified atom stereocenters. The Morgan fingerprint density at radius 2 is 1.84 bits per heavy atom. The van der Waals surface area contributed by atoms with Gasteiger partial charge in [-0.25, -0.2) is 4.39 Å². The molecule has 0 N–H and O–H groups in total. The molecule has 2 aromatic rings. The van der Waals surface area contributed by atoms with Crippen molar-refractivity contribution in [2.24, 2.45) is 0 Å². The number of benzene rings is 2. The van der Waals surface area contributed by atoms with E-state index in [-0.39, 0.29) is 17.0 Å². The zero-order chi connectivity index (χ0) is 22.6. The Bertz CT molecular complexity index is 960. The first kappa shape index (κ1) is 24.3. The van der Waals surface area contributed by atoms with Gasteiger partial charge in [-0.2, -0.15) is 0 Å². The fourth-order valence-corrected chi connectivity index (χ4v) is 4.57. The summed E-state index contributed by atoms with van der Waals surface area (Å²) in [5.74, 6) is 0. The second kappa shape index (κ2) is 10.5. The Morgan fingerprint density at radius 3 is 2.48 bits per heavy atom. The van der Waals surface area contributed by atoms with Crippen LogP contribution in [0.15, 0.2) is 54.6 Å². The number of hydrogen-bond donors (Lipinski definition) is 0. The Kier molecular flexibility index (Phi) is 8.26. The van der Waals surface area contributed by atoms with Crippen molar-refractivity contribution < 1.29 is 9.18 Å². The zero-order valence-electron chi connectivity index (χ0n) is 17.6. The monoisotopic (exact) mass is 479 g/mol. The van der Waals surface area contributed by atoms with Gasteiger partial charge in [-0.05, 0) is 49.0 Å². The summed E-state index contributed by atoms with van der Waals surface area (Å²) in [6.45, 7) is 7.42. The van der Waals surface area contributed by atoms with E-state index in [1.807, 2.05) is 18.2 Å². The van der Waals surface area contributed by atoms with Crippen LogP contribution in [0.5, 0.6) is 0 Å². The molecule has 164 valence electrons. The van der Waals surface area contributed by atoms with E-state index in [2.05, 4.69) is 11.5 Å². The maximum atomic E-state index is 16.6. The molecular weight excluding hydrogens is 454 g/mol. The maximum absolute atomic E-state index is 16.6. The van der Waals surface area contributed by atoms with Crippen molar-refractivity contribution in [3.63, 3.8) is 0 Å². The molecule has 1 heterocycles. The van der Waals surface area contributed by atoms with Crippen molar-refractivity contribution in [2.75, 3.05) is 19.6 Å². The molecule has 0 spiro atoms. The van der Waals surface area contributed by atoms with Gasteiger partial charge in [-0.15, -0.1) is 0 Å². The largest absolute Gasteiger partial charge is 0.307 e. The summed E-state index contributed by atoms with van der Waals surface area (Å²) < 4.78 is 16.6. The standard InChI is InChI=1S/C24H26BCl3FNO/c1-17-8-11-30(12-9-17)13-10-24(29,19-6-7-21(27)22(28)15-19)23(31)25(2)16-18-4-3-5-20(26)14-18/h3-7,14-15H,1,8-13,16H2,2H3. The zero-order valence-corrected chi connectivity index (χ0v) is 19.9. The number of rotatable bonds is 8. The van der Waals surface area contributed by atoms with Gasteiger partial charge in [-0.3, -0.25) is 0 Å². The molecule has 0 aliphatic carbocycles. The lowest BCUT2D eigenvalue weighted by Gasteiger charge is -2.32. The average Bonchev–Trinajstić information content (AvgIpc) is 2.74. The molecule has 1 atom stereocenters. The maximum Gasteiger partial charge on any atom is 0.229 e. The summed E-state index contributed by atoms with van der Waals surface area (Å²) in [7, 11) is 0. The molecule has 1 saturated heterocycles. The highest BCUT2D eigenvalue weighted by Crippen LogP contribution is 2.36. The van der Waals surface area contributed by atoms with Crippen molar-refractivity contribution in [3.05, 3.63) is 80.8 Å². The van der Waals surface area contributed by atoms with E-state index < -0.39 is 18.1 Å². The SMILES string of the molecule is C=C1CCN(CCC(F)(C(=O)B(C)Cc2cccc(Cl)c2)c2ccc(Cl)c(Cl)c2)CC1. The van der Waals surface area contributed by atoms with Crippen LogP contribution in [0.3, 0.4) is 0 Å². The van der Waals surface area contributed by atoms with Crippen LogP contribution in [0.2, 0.25) is 21.9 Å². The molecule has 1 aliphatic rings. The fraction of sp³-hybridized carbons (Fsp3) is 0.375. The summed E-state index contributed by atoms with van der Waals surface area (Å²) >= 11 is 18.3. The van der Waals surface area contributed by atoms with Crippen LogP contribution < -0.4 is 0 Å². The van der Waals surface area contributed by atoms with Gasteiger partial charge in [0.15, 0.2) is 5.67 Å². The Labute approximate surface area is 199 Å². The molecule has 7 heteroatoms. The van der Waals surface area contributed by atoms with E-state index in [4.69, 9.17) is 34.8 Å². The summed E-state index contributed by atoms with van der Waals surface area (Å²) in [6, 6.07) is 11.9. The van der Waals surface area contributed by atoms with Gasteiger partial charge in [0, 0.05) is 31.1 Å². The number of piperidine rings is 1. The number of carbonyl (C=O) groups excluding carboxylic acids is 1. The Hall–Kier alpha value is -1.33. The summed E-state index contributed by atoms with van der Waals surface area (Å²) in [6.07, 6.45) is 2.29. The van der Waals surface area contributed by atoms with E-state index >= 15 is 4.39 Å². The van der Waals surface area contributed by atoms with Crippen LogP contribution in [-0.2, 0) is 16.8 Å². The van der Waals surface area contributed by atoms with Gasteiger partial charge < -0.3 is 9.69 Å². The van der Waals surface area contributed by atoms with Crippen molar-refractivity contribution in [1.29, 1.82) is 0 Å². The predicted molar refractivity (Wildman–Crippen MR) is 130 cm³/mol. The molecule has 31 heavy (non-hydrogen) atoms. The number of likely N-dealkylation sites (tertiary alicyclic amines) is 1. The van der Waals surface area contributed by atoms with E-state index in [1.54, 1.807) is 25.0 Å². The number of hydrogen-bond acceptors (Lipinski definition) is 2. The molecule has 0 aromatic heterocycles. The first-order chi connectivity index (χ1) is 14.7. The van der Waals surface area contributed by atoms with Crippen LogP contribution in [0.4, 0.5) is 4.39 Å². The first-order valence-corrected chi connectivity index (χ1v) is 11.6. The molecule has 0 amide bonds. The minimum Gasteiger partial charge on any atom is -0.307 e. The molecule has 2 aromatic carbocycles. The fourth-order valence-electron chi connectivity index (χ4n) is 4.06. The number of alkyl halides is 1. The lowest BCUT2D eigenvalue weighted by atomic mass is 9.42. The van der Waals surface area contributed by atoms with Crippen LogP contribution in [0, 0.1) is 0 Å². The molecule has 0 saturated carbocycles. The van der Waals surface area contributed by atoms with Gasteiger partial charge in [0.05, 0.1) is 10.0 Å². The Balaban J connectivity index is 1.83. The summed E-state index contributed by atoms with van der Waals surface area (Å²) in [5, 5.41) is 1.17. The molecule has 0 bridgehead atoms. The second-order valence-electron chi connectivity index (χ2n) is 8.37. The second-order valence-corrected chi connectivity index (χ2v) is 9.62. The van der Waals surface area contributed by atoms with E-state index in [0.29, 0.717) is 22.9 Å². The minimum atomic E-state index is -2.15. The smallest absolute Gasteiger partial charge is 0.229 e. The quantitative estimate of drug-likeness (QED) is 0.304. The van der Waals surface area contributed by atoms with E-state index in [9.17, 15) is 4.79 Å². The molecule has 3 rings (SSSR count). The summed E-state index contributed by atoms with van der Waals surface area (Å²) in [5.41, 5.74) is -0.225. The van der Waals surface area contributed by atoms with Crippen molar-refractivity contribution >= 4 is 47.2 Å². The number of carbonyl (C=O) groups is 1. The lowest BCUT2D eigenvalue weighted by Crippen LogP contribution is -2.44. The topological polar surface area (TPSA) is 20.3 Å². The van der Waals surface area contributed by atoms with Crippen molar-refractivity contribution in [1.82, 2.24) is 4.90 Å². The molecule has 0 radical (unpaired) electrons. The van der Waals surface area contributed by atoms with Crippen LogP contribution >= 0.6 is 34.8 Å². The lowest BCUT2D eigenvalue weighted by molar-refractivity contribution is -0.124. The van der Waals surface area contributed by atoms with Gasteiger partial charge in [0.25, 0.3) is 0 Å². The van der Waals surface area contributed by atoms with Crippen LogP contribution in [0.1, 0.15) is 30.4 Å². The normalized spacial score (nSPS) is 16.7. The molecule has 2 nitrogen and oxygen atoms in total. The van der Waals surface area contributed by atoms with Crippen molar-refractivity contribution in [2.45, 2.75) is 38.1 Å². The van der Waals surface area contributed by atoms with Gasteiger partial charge in [-0.1, -0.05) is 77.5 Å². The highest BCUT2D eigenvalue weighted by atomic mass is 35.5. The van der Waals surface area contributed by atoms with Gasteiger partial charge >= 0.3 is 0 Å². The van der Waals surface area contributed by atoms with Crippen LogP contribution in [-0.4, -0.2) is 36.9 Å². The first-order valence-electron chi connectivity index (χ1n) is 10.5. The van der Waals surface area contributed by atoms with Gasteiger partial charge in [0.1, 0.15) is 5.68 Å². The molecular formula is C24H26BCl3FNO. The molecule has 1 fully saturated rings. The average molecular weight is 481 g/mol. The van der Waals surface area contributed by atoms with E-state index in [1.165, 1.54) is 11.6 Å². The number of nitrogens with zero attached hydrogens (tertiary/aromatic N) is 1. The highest BCUT2D eigenvalue weighted by molar-refractivity contribution is 6.89. The third-order valence-corrected chi connectivity index (χ3v) is 6.96. The van der Waals surface area contributed by atoms with E-state index in [0.717, 1.165) is 31.5 Å². The predicted octanol–water partition coefficient (Wildman–Crippen LogP) is 6.87. The van der Waals surface area contributed by atoms with Crippen molar-refractivity contribution in [3.8, 4) is 0 Å². The highest BCUT2D eigenvalue weighted by Gasteiger charge is 2.43.